The lowest BCUT2D eigenvalue weighted by Crippen LogP contribution is -2.15. The Morgan fingerprint density at radius 3 is 2.47 bits per heavy atom. The Balaban J connectivity index is 2.25. The Morgan fingerprint density at radius 2 is 1.84 bits per heavy atom. The van der Waals surface area contributed by atoms with Crippen molar-refractivity contribution in [1.29, 1.82) is 0 Å². The largest absolute Gasteiger partial charge is 0.483 e. The molecule has 3 heteroatoms. The summed E-state index contributed by atoms with van der Waals surface area (Å²) in [7, 11) is 0. The normalized spacial score (nSPS) is 10.7. The average Bonchev–Trinajstić information content (AvgIpc) is 2.39. The molecule has 100 valence electrons. The molecule has 0 aliphatic rings. The van der Waals surface area contributed by atoms with E-state index in [0.29, 0.717) is 18.4 Å². The summed E-state index contributed by atoms with van der Waals surface area (Å²) in [5.41, 5.74) is 1.87. The van der Waals surface area contributed by atoms with Crippen molar-refractivity contribution in [2.45, 2.75) is 33.4 Å². The summed E-state index contributed by atoms with van der Waals surface area (Å²) in [6.07, 6.45) is 1.82. The van der Waals surface area contributed by atoms with Gasteiger partial charge in [0.2, 0.25) is 5.43 Å². The number of aromatic nitrogens is 1. The number of hydrogen-bond acceptors (Lipinski definition) is 2. The van der Waals surface area contributed by atoms with Gasteiger partial charge in [0.15, 0.2) is 5.75 Å². The molecule has 0 aliphatic heterocycles. The van der Waals surface area contributed by atoms with E-state index < -0.39 is 0 Å². The van der Waals surface area contributed by atoms with Gasteiger partial charge in [-0.2, -0.15) is 0 Å². The monoisotopic (exact) mass is 257 g/mol. The fourth-order valence-electron chi connectivity index (χ4n) is 2.10. The van der Waals surface area contributed by atoms with Gasteiger partial charge in [-0.1, -0.05) is 30.3 Å². The van der Waals surface area contributed by atoms with Gasteiger partial charge < -0.3 is 9.30 Å². The van der Waals surface area contributed by atoms with Crippen LogP contribution in [0.4, 0.5) is 0 Å². The van der Waals surface area contributed by atoms with Gasteiger partial charge in [-0.15, -0.1) is 0 Å². The minimum Gasteiger partial charge on any atom is -0.483 e. The second kappa shape index (κ2) is 5.74. The summed E-state index contributed by atoms with van der Waals surface area (Å²) in [6, 6.07) is 11.7. The second-order valence-corrected chi connectivity index (χ2v) is 4.87. The summed E-state index contributed by atoms with van der Waals surface area (Å²) in [6.45, 7) is 6.50. The molecule has 2 aromatic rings. The van der Waals surface area contributed by atoms with Crippen molar-refractivity contribution >= 4 is 0 Å². The van der Waals surface area contributed by atoms with Gasteiger partial charge in [-0.3, -0.25) is 4.79 Å². The van der Waals surface area contributed by atoms with Crippen LogP contribution in [0.1, 0.15) is 31.1 Å². The molecule has 2 rings (SSSR count). The number of nitrogens with zero attached hydrogens (tertiary/aromatic N) is 1. The molecule has 1 heterocycles. The lowest BCUT2D eigenvalue weighted by Gasteiger charge is -2.17. The summed E-state index contributed by atoms with van der Waals surface area (Å²) < 4.78 is 7.75. The fourth-order valence-corrected chi connectivity index (χ4v) is 2.10. The maximum Gasteiger partial charge on any atom is 0.223 e. The molecule has 0 unspecified atom stereocenters. The molecule has 0 amide bonds. The van der Waals surface area contributed by atoms with E-state index >= 15 is 0 Å². The van der Waals surface area contributed by atoms with Crippen LogP contribution >= 0.6 is 0 Å². The van der Waals surface area contributed by atoms with Crippen molar-refractivity contribution in [1.82, 2.24) is 4.57 Å². The van der Waals surface area contributed by atoms with Gasteiger partial charge in [-0.05, 0) is 26.3 Å². The molecule has 0 aliphatic carbocycles. The molecule has 0 radical (unpaired) electrons. The lowest BCUT2D eigenvalue weighted by atomic mass is 10.2. The lowest BCUT2D eigenvalue weighted by molar-refractivity contribution is 0.296. The summed E-state index contributed by atoms with van der Waals surface area (Å²) in [4.78, 5) is 11.9. The van der Waals surface area contributed by atoms with Crippen LogP contribution in [0.2, 0.25) is 0 Å². The third-order valence-electron chi connectivity index (χ3n) is 3.11. The van der Waals surface area contributed by atoms with Gasteiger partial charge in [0, 0.05) is 18.3 Å². The first-order valence-corrected chi connectivity index (χ1v) is 6.48. The molecule has 1 aromatic carbocycles. The molecule has 0 saturated heterocycles. The Bertz CT molecular complexity index is 600. The van der Waals surface area contributed by atoms with E-state index in [9.17, 15) is 4.79 Å². The third kappa shape index (κ3) is 3.05. The standard InChI is InChI=1S/C16H19NO2/c1-12(2)17-10-9-15(18)16(13(17)3)19-11-14-7-5-4-6-8-14/h4-10,12H,11H2,1-3H3. The highest BCUT2D eigenvalue weighted by molar-refractivity contribution is 5.28. The molecule has 0 N–H and O–H groups in total. The SMILES string of the molecule is Cc1c(OCc2ccccc2)c(=O)ccn1C(C)C. The number of hydrogen-bond donors (Lipinski definition) is 0. The maximum atomic E-state index is 11.9. The van der Waals surface area contributed by atoms with Gasteiger partial charge >= 0.3 is 0 Å². The maximum absolute atomic E-state index is 11.9. The van der Waals surface area contributed by atoms with Crippen LogP contribution in [0.3, 0.4) is 0 Å². The van der Waals surface area contributed by atoms with Crippen LogP contribution in [0.5, 0.6) is 5.75 Å². The van der Waals surface area contributed by atoms with Crippen LogP contribution in [0.15, 0.2) is 47.4 Å². The summed E-state index contributed by atoms with van der Waals surface area (Å²) in [5, 5.41) is 0. The van der Waals surface area contributed by atoms with Crippen molar-refractivity contribution in [2.75, 3.05) is 0 Å². The summed E-state index contributed by atoms with van der Waals surface area (Å²) >= 11 is 0. The van der Waals surface area contributed by atoms with Gasteiger partial charge in [0.05, 0.1) is 5.69 Å². The van der Waals surface area contributed by atoms with Crippen molar-refractivity contribution < 1.29 is 4.74 Å². The third-order valence-corrected chi connectivity index (χ3v) is 3.11. The molecule has 0 spiro atoms. The van der Waals surface area contributed by atoms with E-state index in [2.05, 4.69) is 13.8 Å². The Labute approximate surface area is 113 Å². The smallest absolute Gasteiger partial charge is 0.223 e. The number of ether oxygens (including phenoxy) is 1. The molecular weight excluding hydrogens is 238 g/mol. The zero-order valence-corrected chi connectivity index (χ0v) is 11.6. The van der Waals surface area contributed by atoms with Crippen molar-refractivity contribution in [2.24, 2.45) is 0 Å². The molecule has 1 aromatic heterocycles. The highest BCUT2D eigenvalue weighted by atomic mass is 16.5. The van der Waals surface area contributed by atoms with E-state index in [1.165, 1.54) is 0 Å². The topological polar surface area (TPSA) is 31.2 Å². The zero-order valence-electron chi connectivity index (χ0n) is 11.6. The Hall–Kier alpha value is -2.03. The molecular formula is C16H19NO2. The van der Waals surface area contributed by atoms with Crippen LogP contribution < -0.4 is 10.2 Å². The zero-order chi connectivity index (χ0) is 13.8. The van der Waals surface area contributed by atoms with Crippen LogP contribution in [0, 0.1) is 6.92 Å². The van der Waals surface area contributed by atoms with E-state index in [1.807, 2.05) is 48.0 Å². The van der Waals surface area contributed by atoms with E-state index in [1.54, 1.807) is 6.07 Å². The van der Waals surface area contributed by atoms with Gasteiger partial charge in [-0.25, -0.2) is 0 Å². The second-order valence-electron chi connectivity index (χ2n) is 4.87. The predicted molar refractivity (Wildman–Crippen MR) is 76.6 cm³/mol. The minimum atomic E-state index is -0.0645. The molecule has 3 nitrogen and oxygen atoms in total. The van der Waals surface area contributed by atoms with E-state index in [4.69, 9.17) is 4.74 Å². The first-order valence-electron chi connectivity index (χ1n) is 6.48. The van der Waals surface area contributed by atoms with Crippen molar-refractivity contribution in [3.63, 3.8) is 0 Å². The summed E-state index contributed by atoms with van der Waals surface area (Å²) in [5.74, 6) is 0.444. The van der Waals surface area contributed by atoms with E-state index in [-0.39, 0.29) is 5.43 Å². The number of pyridine rings is 1. The number of rotatable bonds is 4. The molecule has 19 heavy (non-hydrogen) atoms. The van der Waals surface area contributed by atoms with Crippen LogP contribution in [-0.4, -0.2) is 4.57 Å². The highest BCUT2D eigenvalue weighted by Crippen LogP contribution is 2.17. The van der Waals surface area contributed by atoms with Gasteiger partial charge in [0.25, 0.3) is 0 Å². The Kier molecular flexibility index (Phi) is 4.05. The number of benzene rings is 1. The quantitative estimate of drug-likeness (QED) is 0.841. The first-order chi connectivity index (χ1) is 9.09. The van der Waals surface area contributed by atoms with Crippen molar-refractivity contribution in [3.8, 4) is 5.75 Å². The predicted octanol–water partition coefficient (Wildman–Crippen LogP) is 3.32. The fraction of sp³-hybridized carbons (Fsp3) is 0.312. The minimum absolute atomic E-state index is 0.0645. The van der Waals surface area contributed by atoms with Crippen LogP contribution in [-0.2, 0) is 6.61 Å². The molecule has 0 saturated carbocycles. The molecule has 0 bridgehead atoms. The molecule has 0 atom stereocenters. The first kappa shape index (κ1) is 13.4. The highest BCUT2D eigenvalue weighted by Gasteiger charge is 2.10. The van der Waals surface area contributed by atoms with Gasteiger partial charge in [0.1, 0.15) is 6.61 Å². The Morgan fingerprint density at radius 1 is 1.16 bits per heavy atom. The van der Waals surface area contributed by atoms with Crippen LogP contribution in [0.25, 0.3) is 0 Å². The average molecular weight is 257 g/mol. The van der Waals surface area contributed by atoms with E-state index in [0.717, 1.165) is 11.3 Å². The van der Waals surface area contributed by atoms with Crippen molar-refractivity contribution in [3.05, 3.63) is 64.1 Å². The molecule has 0 fully saturated rings.